The van der Waals surface area contributed by atoms with Gasteiger partial charge >= 0.3 is 17.8 Å². The van der Waals surface area contributed by atoms with Gasteiger partial charge in [0, 0.05) is 16.1 Å². The van der Waals surface area contributed by atoms with E-state index in [9.17, 15) is 14.4 Å². The van der Waals surface area contributed by atoms with Crippen LogP contribution in [0.2, 0.25) is 0 Å². The summed E-state index contributed by atoms with van der Waals surface area (Å²) >= 11 is 3.31. The smallest absolute Gasteiger partial charge is 0.344 e. The van der Waals surface area contributed by atoms with Crippen molar-refractivity contribution in [2.45, 2.75) is 0 Å². The Hall–Kier alpha value is -4.18. The standard InChI is InChI=1S/C24H20BrN3O6/c1-32-16-11-12-19(21(13-16)33-2)27-22(29)23(30)28-26-14-15-7-3-6-10-20(15)34-24(31)17-8-4-5-9-18(17)25/h3-14H,1-2H3,(H,27,29)(H,28,30). The highest BCUT2D eigenvalue weighted by Crippen LogP contribution is 2.29. The number of halogens is 1. The van der Waals surface area contributed by atoms with Gasteiger partial charge in [0.25, 0.3) is 0 Å². The molecule has 2 N–H and O–H groups in total. The Morgan fingerprint density at radius 1 is 0.882 bits per heavy atom. The molecular weight excluding hydrogens is 506 g/mol. The van der Waals surface area contributed by atoms with Crippen LogP contribution in [0.5, 0.6) is 17.2 Å². The average Bonchev–Trinajstić information content (AvgIpc) is 2.85. The molecule has 174 valence electrons. The monoisotopic (exact) mass is 525 g/mol. The summed E-state index contributed by atoms with van der Waals surface area (Å²) in [6.45, 7) is 0. The van der Waals surface area contributed by atoms with E-state index in [1.165, 1.54) is 20.4 Å². The van der Waals surface area contributed by atoms with Gasteiger partial charge in [-0.15, -0.1) is 0 Å². The van der Waals surface area contributed by atoms with E-state index >= 15 is 0 Å². The molecule has 10 heteroatoms. The molecule has 3 aromatic carbocycles. The fraction of sp³-hybridized carbons (Fsp3) is 0.0833. The normalized spacial score (nSPS) is 10.4. The van der Waals surface area contributed by atoms with E-state index in [0.29, 0.717) is 27.1 Å². The Labute approximate surface area is 203 Å². The molecule has 0 saturated heterocycles. The second kappa shape index (κ2) is 11.6. The van der Waals surface area contributed by atoms with Crippen molar-refractivity contribution in [1.29, 1.82) is 0 Å². The van der Waals surface area contributed by atoms with Crippen LogP contribution in [-0.4, -0.2) is 38.2 Å². The van der Waals surface area contributed by atoms with Gasteiger partial charge in [0.1, 0.15) is 17.2 Å². The van der Waals surface area contributed by atoms with Gasteiger partial charge in [-0.25, -0.2) is 10.2 Å². The Morgan fingerprint density at radius 3 is 2.35 bits per heavy atom. The molecule has 0 aliphatic heterocycles. The third kappa shape index (κ3) is 6.20. The van der Waals surface area contributed by atoms with Crippen LogP contribution in [0, 0.1) is 0 Å². The van der Waals surface area contributed by atoms with E-state index in [1.54, 1.807) is 66.7 Å². The molecule has 0 aliphatic carbocycles. The van der Waals surface area contributed by atoms with Crippen LogP contribution >= 0.6 is 15.9 Å². The number of hydrazone groups is 1. The van der Waals surface area contributed by atoms with Crippen molar-refractivity contribution in [3.05, 3.63) is 82.3 Å². The largest absolute Gasteiger partial charge is 0.497 e. The van der Waals surface area contributed by atoms with Crippen LogP contribution in [0.4, 0.5) is 5.69 Å². The topological polar surface area (TPSA) is 115 Å². The summed E-state index contributed by atoms with van der Waals surface area (Å²) in [4.78, 5) is 36.9. The summed E-state index contributed by atoms with van der Waals surface area (Å²) in [5, 5.41) is 6.24. The fourth-order valence-corrected chi connectivity index (χ4v) is 3.20. The van der Waals surface area contributed by atoms with Crippen molar-refractivity contribution >= 4 is 45.6 Å². The highest BCUT2D eigenvalue weighted by molar-refractivity contribution is 9.10. The number of anilines is 1. The first-order valence-corrected chi connectivity index (χ1v) is 10.6. The number of amides is 2. The second-order valence-corrected chi connectivity index (χ2v) is 7.48. The minimum absolute atomic E-state index is 0.230. The number of para-hydroxylation sites is 1. The van der Waals surface area contributed by atoms with E-state index < -0.39 is 17.8 Å². The van der Waals surface area contributed by atoms with Gasteiger partial charge in [-0.05, 0) is 52.3 Å². The van der Waals surface area contributed by atoms with E-state index in [0.717, 1.165) is 0 Å². The van der Waals surface area contributed by atoms with Crippen molar-refractivity contribution < 1.29 is 28.6 Å². The summed E-state index contributed by atoms with van der Waals surface area (Å²) in [5.41, 5.74) is 3.20. The van der Waals surface area contributed by atoms with Crippen LogP contribution in [0.15, 0.2) is 76.3 Å². The molecule has 9 nitrogen and oxygen atoms in total. The predicted molar refractivity (Wildman–Crippen MR) is 129 cm³/mol. The van der Waals surface area contributed by atoms with Crippen molar-refractivity contribution in [3.8, 4) is 17.2 Å². The molecule has 3 aromatic rings. The summed E-state index contributed by atoms with van der Waals surface area (Å²) in [6.07, 6.45) is 1.27. The molecule has 0 saturated carbocycles. The molecule has 0 aliphatic rings. The lowest BCUT2D eigenvalue weighted by Gasteiger charge is -2.11. The average molecular weight is 526 g/mol. The van der Waals surface area contributed by atoms with Crippen molar-refractivity contribution in [2.24, 2.45) is 5.10 Å². The molecule has 0 atom stereocenters. The number of hydrogen-bond donors (Lipinski definition) is 2. The van der Waals surface area contributed by atoms with Gasteiger partial charge in [-0.1, -0.05) is 24.3 Å². The van der Waals surface area contributed by atoms with Crippen molar-refractivity contribution in [3.63, 3.8) is 0 Å². The Kier molecular flexibility index (Phi) is 8.36. The number of ether oxygens (including phenoxy) is 3. The van der Waals surface area contributed by atoms with Crippen LogP contribution in [0.25, 0.3) is 0 Å². The molecule has 3 rings (SSSR count). The summed E-state index contributed by atoms with van der Waals surface area (Å²) in [6, 6.07) is 18.2. The van der Waals surface area contributed by atoms with Crippen molar-refractivity contribution in [2.75, 3.05) is 19.5 Å². The zero-order valence-corrected chi connectivity index (χ0v) is 19.8. The first-order chi connectivity index (χ1) is 16.4. The SMILES string of the molecule is COc1ccc(NC(=O)C(=O)NN=Cc2ccccc2OC(=O)c2ccccc2Br)c(OC)c1. The lowest BCUT2D eigenvalue weighted by atomic mass is 10.2. The number of benzene rings is 3. The zero-order chi connectivity index (χ0) is 24.5. The molecule has 0 fully saturated rings. The molecule has 0 heterocycles. The maximum Gasteiger partial charge on any atom is 0.344 e. The fourth-order valence-electron chi connectivity index (χ4n) is 2.75. The predicted octanol–water partition coefficient (Wildman–Crippen LogP) is 3.77. The maximum atomic E-state index is 12.5. The number of nitrogens with one attached hydrogen (secondary N) is 2. The van der Waals surface area contributed by atoms with E-state index in [-0.39, 0.29) is 11.4 Å². The van der Waals surface area contributed by atoms with Gasteiger partial charge in [0.05, 0.1) is 31.7 Å². The minimum atomic E-state index is -1.00. The number of hydrogen-bond acceptors (Lipinski definition) is 7. The van der Waals surface area contributed by atoms with Crippen LogP contribution in [0.3, 0.4) is 0 Å². The molecule has 0 radical (unpaired) electrons. The highest BCUT2D eigenvalue weighted by Gasteiger charge is 2.16. The number of carbonyl (C=O) groups excluding carboxylic acids is 3. The molecule has 34 heavy (non-hydrogen) atoms. The van der Waals surface area contributed by atoms with Gasteiger partial charge in [0.2, 0.25) is 0 Å². The molecule has 0 spiro atoms. The lowest BCUT2D eigenvalue weighted by Crippen LogP contribution is -2.32. The second-order valence-electron chi connectivity index (χ2n) is 6.63. The Balaban J connectivity index is 1.64. The zero-order valence-electron chi connectivity index (χ0n) is 18.2. The molecule has 2 amide bonds. The van der Waals surface area contributed by atoms with Crippen LogP contribution < -0.4 is 25.0 Å². The van der Waals surface area contributed by atoms with Crippen LogP contribution in [-0.2, 0) is 9.59 Å². The highest BCUT2D eigenvalue weighted by atomic mass is 79.9. The molecule has 0 bridgehead atoms. The maximum absolute atomic E-state index is 12.5. The minimum Gasteiger partial charge on any atom is -0.497 e. The molecule has 0 unspecified atom stereocenters. The third-order valence-corrected chi connectivity index (χ3v) is 5.14. The van der Waals surface area contributed by atoms with Crippen LogP contribution in [0.1, 0.15) is 15.9 Å². The van der Waals surface area contributed by atoms with E-state index in [2.05, 4.69) is 31.8 Å². The first kappa shape index (κ1) is 24.5. The number of methoxy groups -OCH3 is 2. The lowest BCUT2D eigenvalue weighted by molar-refractivity contribution is -0.136. The van der Waals surface area contributed by atoms with E-state index in [4.69, 9.17) is 14.2 Å². The number of rotatable bonds is 7. The molecular formula is C24H20BrN3O6. The van der Waals surface area contributed by atoms with Gasteiger partial charge in [-0.2, -0.15) is 5.10 Å². The summed E-state index contributed by atoms with van der Waals surface area (Å²) < 4.78 is 16.3. The van der Waals surface area contributed by atoms with Gasteiger partial charge < -0.3 is 19.5 Å². The third-order valence-electron chi connectivity index (χ3n) is 4.45. The molecule has 0 aromatic heterocycles. The quantitative estimate of drug-likeness (QED) is 0.159. The number of carbonyl (C=O) groups is 3. The Bertz CT molecular complexity index is 1240. The summed E-state index contributed by atoms with van der Waals surface area (Å²) in [5.74, 6) is -1.43. The van der Waals surface area contributed by atoms with E-state index in [1.807, 2.05) is 0 Å². The summed E-state index contributed by atoms with van der Waals surface area (Å²) in [7, 11) is 2.92. The number of nitrogens with zero attached hydrogens (tertiary/aromatic N) is 1. The van der Waals surface area contributed by atoms with Gasteiger partial charge in [0.15, 0.2) is 0 Å². The number of esters is 1. The van der Waals surface area contributed by atoms with Gasteiger partial charge in [-0.3, -0.25) is 9.59 Å². The van der Waals surface area contributed by atoms with Crippen molar-refractivity contribution in [1.82, 2.24) is 5.43 Å². The Morgan fingerprint density at radius 2 is 1.62 bits per heavy atom. The first-order valence-electron chi connectivity index (χ1n) is 9.85.